The highest BCUT2D eigenvalue weighted by molar-refractivity contribution is 6.18. The van der Waals surface area contributed by atoms with E-state index < -0.39 is 58.3 Å². The number of carbonyl (C=O) groups is 3. The number of rotatable bonds is 9. The molecule has 0 spiro atoms. The number of carboxylic acids is 2. The SMILES string of the molecule is O=C(/C=C/c1ccc(O)c(O)c1/C(=C\C1=CC(O)=C(O)CC1)C(=O)O)OC(Cc1ccc(O)c(O)c1)C(=O)O. The molecule has 1 atom stereocenters. The quantitative estimate of drug-likeness (QED) is 0.130. The van der Waals surface area contributed by atoms with E-state index in [2.05, 4.69) is 0 Å². The van der Waals surface area contributed by atoms with Crippen molar-refractivity contribution in [3.63, 3.8) is 0 Å². The van der Waals surface area contributed by atoms with Gasteiger partial charge in [-0.2, -0.15) is 0 Å². The molecule has 1 aliphatic rings. The summed E-state index contributed by atoms with van der Waals surface area (Å²) in [5, 5.41) is 78.0. The van der Waals surface area contributed by atoms with E-state index in [0.717, 1.165) is 42.5 Å². The van der Waals surface area contributed by atoms with Gasteiger partial charge in [0.25, 0.3) is 0 Å². The van der Waals surface area contributed by atoms with Gasteiger partial charge in [0.05, 0.1) is 5.57 Å². The summed E-state index contributed by atoms with van der Waals surface area (Å²) in [6.07, 6.45) is 2.31. The van der Waals surface area contributed by atoms with Crippen LogP contribution in [0.5, 0.6) is 23.0 Å². The van der Waals surface area contributed by atoms with Gasteiger partial charge in [0.15, 0.2) is 28.8 Å². The van der Waals surface area contributed by atoms with E-state index in [4.69, 9.17) is 4.74 Å². The zero-order valence-electron chi connectivity index (χ0n) is 20.1. The first-order chi connectivity index (χ1) is 18.4. The second-order valence-electron chi connectivity index (χ2n) is 8.44. The minimum absolute atomic E-state index is 0.0419. The number of aliphatic hydroxyl groups is 2. The first-order valence-electron chi connectivity index (χ1n) is 11.3. The predicted molar refractivity (Wildman–Crippen MR) is 135 cm³/mol. The highest BCUT2D eigenvalue weighted by Gasteiger charge is 2.24. The first kappa shape index (κ1) is 28.2. The van der Waals surface area contributed by atoms with E-state index >= 15 is 0 Å². The van der Waals surface area contributed by atoms with E-state index in [9.17, 15) is 55.2 Å². The first-order valence-corrected chi connectivity index (χ1v) is 11.3. The van der Waals surface area contributed by atoms with Crippen molar-refractivity contribution in [2.24, 2.45) is 0 Å². The zero-order chi connectivity index (χ0) is 28.9. The minimum atomic E-state index is -1.68. The summed E-state index contributed by atoms with van der Waals surface area (Å²) in [6, 6.07) is 5.84. The van der Waals surface area contributed by atoms with Crippen molar-refractivity contribution in [2.45, 2.75) is 25.4 Å². The number of benzene rings is 2. The Kier molecular flexibility index (Phi) is 8.51. The van der Waals surface area contributed by atoms with Crippen LogP contribution in [-0.2, 0) is 25.5 Å². The van der Waals surface area contributed by atoms with Crippen LogP contribution in [0.4, 0.5) is 0 Å². The van der Waals surface area contributed by atoms with Gasteiger partial charge in [-0.1, -0.05) is 12.1 Å². The maximum absolute atomic E-state index is 12.4. The van der Waals surface area contributed by atoms with Crippen molar-refractivity contribution >= 4 is 29.6 Å². The molecular formula is C27H24O12. The van der Waals surface area contributed by atoms with Crippen LogP contribution < -0.4 is 0 Å². The molecule has 0 fully saturated rings. The second-order valence-corrected chi connectivity index (χ2v) is 8.44. The number of carbonyl (C=O) groups excluding carboxylic acids is 1. The Morgan fingerprint density at radius 3 is 2.21 bits per heavy atom. The smallest absolute Gasteiger partial charge is 0.345 e. The number of phenolic OH excluding ortho intramolecular Hbond substituents is 4. The Balaban J connectivity index is 1.91. The van der Waals surface area contributed by atoms with Gasteiger partial charge in [0, 0.05) is 24.5 Å². The molecule has 1 aliphatic carbocycles. The number of hydrogen-bond acceptors (Lipinski definition) is 10. The van der Waals surface area contributed by atoms with Crippen LogP contribution in [-0.4, -0.2) is 64.9 Å². The Morgan fingerprint density at radius 2 is 1.59 bits per heavy atom. The van der Waals surface area contributed by atoms with Gasteiger partial charge >= 0.3 is 17.9 Å². The monoisotopic (exact) mass is 540 g/mol. The normalized spacial score (nSPS) is 14.7. The molecule has 0 aliphatic heterocycles. The molecule has 0 saturated heterocycles. The summed E-state index contributed by atoms with van der Waals surface area (Å²) < 4.78 is 4.97. The number of esters is 1. The van der Waals surface area contributed by atoms with Crippen molar-refractivity contribution < 1.29 is 60.0 Å². The Bertz CT molecular complexity index is 1440. The third-order valence-corrected chi connectivity index (χ3v) is 5.68. The third-order valence-electron chi connectivity index (χ3n) is 5.68. The minimum Gasteiger partial charge on any atom is -0.508 e. The molecule has 3 rings (SSSR count). The van der Waals surface area contributed by atoms with Crippen LogP contribution in [0, 0.1) is 0 Å². The summed E-state index contributed by atoms with van der Waals surface area (Å²) in [5.74, 6) is -7.24. The largest absolute Gasteiger partial charge is 0.508 e. The fourth-order valence-electron chi connectivity index (χ4n) is 3.71. The molecule has 0 bridgehead atoms. The molecule has 2 aromatic carbocycles. The van der Waals surface area contributed by atoms with E-state index in [1.807, 2.05) is 0 Å². The van der Waals surface area contributed by atoms with Gasteiger partial charge in [-0.25, -0.2) is 14.4 Å². The molecule has 0 aromatic heterocycles. The van der Waals surface area contributed by atoms with Crippen molar-refractivity contribution in [3.05, 3.63) is 82.3 Å². The van der Waals surface area contributed by atoms with Crippen LogP contribution in [0.2, 0.25) is 0 Å². The Morgan fingerprint density at radius 1 is 0.897 bits per heavy atom. The highest BCUT2D eigenvalue weighted by atomic mass is 16.6. The van der Waals surface area contributed by atoms with E-state index in [0.29, 0.717) is 5.57 Å². The van der Waals surface area contributed by atoms with Crippen molar-refractivity contribution in [1.29, 1.82) is 0 Å². The Labute approximate surface area is 220 Å². The molecule has 1 unspecified atom stereocenters. The molecule has 12 heteroatoms. The summed E-state index contributed by atoms with van der Waals surface area (Å²) in [4.78, 5) is 36.1. The van der Waals surface area contributed by atoms with E-state index in [-0.39, 0.29) is 41.7 Å². The third kappa shape index (κ3) is 6.89. The maximum atomic E-state index is 12.4. The van der Waals surface area contributed by atoms with Crippen LogP contribution in [0.25, 0.3) is 11.6 Å². The van der Waals surface area contributed by atoms with Gasteiger partial charge < -0.3 is 45.6 Å². The Hall–Kier alpha value is -5.39. The molecule has 39 heavy (non-hydrogen) atoms. The van der Waals surface area contributed by atoms with Crippen LogP contribution in [0.3, 0.4) is 0 Å². The molecule has 12 nitrogen and oxygen atoms in total. The average Bonchev–Trinajstić information content (AvgIpc) is 2.87. The fraction of sp³-hybridized carbons (Fsp3) is 0.148. The maximum Gasteiger partial charge on any atom is 0.345 e. The zero-order valence-corrected chi connectivity index (χ0v) is 20.1. The lowest BCUT2D eigenvalue weighted by atomic mass is 9.93. The molecule has 204 valence electrons. The van der Waals surface area contributed by atoms with Gasteiger partial charge in [-0.3, -0.25) is 0 Å². The number of aliphatic hydroxyl groups excluding tert-OH is 2. The van der Waals surface area contributed by atoms with Gasteiger partial charge in [-0.05, 0) is 59.5 Å². The molecule has 0 radical (unpaired) electrons. The van der Waals surface area contributed by atoms with Gasteiger partial charge in [0.2, 0.25) is 6.10 Å². The molecule has 0 saturated carbocycles. The lowest BCUT2D eigenvalue weighted by Crippen LogP contribution is -2.28. The molecule has 8 N–H and O–H groups in total. The van der Waals surface area contributed by atoms with Crippen LogP contribution in [0.1, 0.15) is 29.5 Å². The summed E-state index contributed by atoms with van der Waals surface area (Å²) in [5.41, 5.74) is -0.384. The number of ether oxygens (including phenoxy) is 1. The van der Waals surface area contributed by atoms with Crippen molar-refractivity contribution in [2.75, 3.05) is 0 Å². The number of hydrogen-bond donors (Lipinski definition) is 8. The van der Waals surface area contributed by atoms with E-state index in [1.54, 1.807) is 0 Å². The molecule has 0 heterocycles. The lowest BCUT2D eigenvalue weighted by molar-refractivity contribution is -0.160. The van der Waals surface area contributed by atoms with E-state index in [1.165, 1.54) is 12.1 Å². The number of phenols is 4. The summed E-state index contributed by atoms with van der Waals surface area (Å²) in [7, 11) is 0. The number of aromatic hydroxyl groups is 4. The highest BCUT2D eigenvalue weighted by Crippen LogP contribution is 2.38. The fourth-order valence-corrected chi connectivity index (χ4v) is 3.71. The number of aliphatic carboxylic acids is 2. The van der Waals surface area contributed by atoms with Crippen LogP contribution >= 0.6 is 0 Å². The summed E-state index contributed by atoms with van der Waals surface area (Å²) in [6.45, 7) is 0. The second kappa shape index (κ2) is 11.8. The van der Waals surface area contributed by atoms with Crippen LogP contribution in [0.15, 0.2) is 65.7 Å². The molecule has 0 amide bonds. The van der Waals surface area contributed by atoms with Gasteiger partial charge in [-0.15, -0.1) is 0 Å². The van der Waals surface area contributed by atoms with Crippen molar-refractivity contribution in [1.82, 2.24) is 0 Å². The topological polar surface area (TPSA) is 222 Å². The molecule has 2 aromatic rings. The predicted octanol–water partition coefficient (Wildman–Crippen LogP) is 3.28. The molecular weight excluding hydrogens is 516 g/mol. The van der Waals surface area contributed by atoms with Gasteiger partial charge in [0.1, 0.15) is 5.76 Å². The summed E-state index contributed by atoms with van der Waals surface area (Å²) >= 11 is 0. The standard InChI is InChI=1S/C27H24O12/c28-17-5-1-13(10-20(17)31)9-16(26(35)36)24-15(3-7-19(30)25(24)34)4-8-23(33)39-22(27(37)38)12-14-2-6-18(29)21(32)11-14/h2-4,6-11,22,28-32,34H,1,5,12H2,(H,35,36)(H,37,38)/b8-4+,16-9+. The number of carboxylic acid groups (broad SMARTS) is 2. The van der Waals surface area contributed by atoms with Crippen molar-refractivity contribution in [3.8, 4) is 23.0 Å². The average molecular weight is 540 g/mol. The lowest BCUT2D eigenvalue weighted by Gasteiger charge is -2.15. The number of allylic oxidation sites excluding steroid dienone is 4.